The molecule has 0 bridgehead atoms. The summed E-state index contributed by atoms with van der Waals surface area (Å²) in [6.07, 6.45) is 0.490. The van der Waals surface area contributed by atoms with Crippen molar-refractivity contribution < 1.29 is 33.8 Å². The largest absolute Gasteiger partial charge is 0.480 e. The average molecular weight is 481 g/mol. The van der Waals surface area contributed by atoms with Crippen LogP contribution < -0.4 is 10.6 Å². The van der Waals surface area contributed by atoms with Crippen LogP contribution in [-0.2, 0) is 23.9 Å². The number of aliphatic carboxylic acids is 1. The van der Waals surface area contributed by atoms with Crippen LogP contribution in [0.25, 0.3) is 11.1 Å². The summed E-state index contributed by atoms with van der Waals surface area (Å²) in [5, 5.41) is 14.4. The molecule has 2 aromatic carbocycles. The summed E-state index contributed by atoms with van der Waals surface area (Å²) in [6.45, 7) is 0.156. The van der Waals surface area contributed by atoms with E-state index in [1.165, 1.54) is 0 Å². The van der Waals surface area contributed by atoms with Crippen molar-refractivity contribution in [3.63, 3.8) is 0 Å². The first-order valence-corrected chi connectivity index (χ1v) is 11.6. The van der Waals surface area contributed by atoms with Crippen molar-refractivity contribution in [2.24, 2.45) is 5.92 Å². The van der Waals surface area contributed by atoms with E-state index in [0.717, 1.165) is 42.2 Å². The Morgan fingerprint density at radius 1 is 0.943 bits per heavy atom. The second-order valence-electron chi connectivity index (χ2n) is 8.86. The number of fused-ring (bicyclic) bond motifs is 3. The molecule has 4 rings (SSSR count). The Hall–Kier alpha value is -3.88. The fourth-order valence-electron chi connectivity index (χ4n) is 4.53. The van der Waals surface area contributed by atoms with E-state index in [4.69, 9.17) is 4.74 Å². The SMILES string of the molecule is COC(=O)C[C@@H](NC(=O)CC(NC(=O)OCC1c2ccccc2-c2ccccc21)C1CC1)C(=O)O. The minimum atomic E-state index is -1.40. The summed E-state index contributed by atoms with van der Waals surface area (Å²) in [4.78, 5) is 47.9. The lowest BCUT2D eigenvalue weighted by Gasteiger charge is -2.20. The van der Waals surface area contributed by atoms with Crippen LogP contribution in [0.1, 0.15) is 42.7 Å². The molecule has 184 valence electrons. The minimum Gasteiger partial charge on any atom is -0.480 e. The van der Waals surface area contributed by atoms with Gasteiger partial charge in [0.1, 0.15) is 12.6 Å². The summed E-state index contributed by atoms with van der Waals surface area (Å²) < 4.78 is 10.1. The van der Waals surface area contributed by atoms with Gasteiger partial charge in [-0.25, -0.2) is 9.59 Å². The molecule has 1 fully saturated rings. The van der Waals surface area contributed by atoms with Gasteiger partial charge < -0.3 is 25.2 Å². The predicted molar refractivity (Wildman–Crippen MR) is 126 cm³/mol. The molecule has 2 aliphatic rings. The quantitative estimate of drug-likeness (QED) is 0.446. The molecule has 2 amide bonds. The van der Waals surface area contributed by atoms with E-state index >= 15 is 0 Å². The number of ether oxygens (including phenoxy) is 2. The van der Waals surface area contributed by atoms with Gasteiger partial charge in [-0.1, -0.05) is 48.5 Å². The smallest absolute Gasteiger partial charge is 0.407 e. The van der Waals surface area contributed by atoms with Crippen LogP contribution in [0.4, 0.5) is 4.79 Å². The molecule has 0 radical (unpaired) electrons. The zero-order chi connectivity index (χ0) is 24.9. The van der Waals surface area contributed by atoms with Gasteiger partial charge in [-0.3, -0.25) is 9.59 Å². The maximum Gasteiger partial charge on any atom is 0.407 e. The number of carbonyl (C=O) groups excluding carboxylic acids is 3. The van der Waals surface area contributed by atoms with Gasteiger partial charge in [0.2, 0.25) is 5.91 Å². The second-order valence-corrected chi connectivity index (χ2v) is 8.86. The number of methoxy groups -OCH3 is 1. The number of carboxylic acid groups (broad SMARTS) is 1. The monoisotopic (exact) mass is 480 g/mol. The van der Waals surface area contributed by atoms with E-state index in [1.54, 1.807) is 0 Å². The Morgan fingerprint density at radius 3 is 2.09 bits per heavy atom. The van der Waals surface area contributed by atoms with Crippen LogP contribution in [0, 0.1) is 5.92 Å². The molecule has 0 spiro atoms. The van der Waals surface area contributed by atoms with E-state index < -0.39 is 42.4 Å². The van der Waals surface area contributed by atoms with Gasteiger partial charge in [0.05, 0.1) is 13.5 Å². The lowest BCUT2D eigenvalue weighted by atomic mass is 9.98. The van der Waals surface area contributed by atoms with Gasteiger partial charge in [-0.15, -0.1) is 0 Å². The maximum atomic E-state index is 12.6. The molecule has 0 heterocycles. The second kappa shape index (κ2) is 10.6. The Kier molecular flexibility index (Phi) is 7.33. The normalized spacial score (nSPS) is 15.8. The topological polar surface area (TPSA) is 131 Å². The minimum absolute atomic E-state index is 0.0783. The first-order valence-electron chi connectivity index (χ1n) is 11.6. The van der Waals surface area contributed by atoms with Crippen molar-refractivity contribution in [3.8, 4) is 11.1 Å². The predicted octanol–water partition coefficient (Wildman–Crippen LogP) is 2.83. The van der Waals surface area contributed by atoms with Crippen molar-refractivity contribution in [1.82, 2.24) is 10.6 Å². The Bertz CT molecular complexity index is 1080. The van der Waals surface area contributed by atoms with Crippen molar-refractivity contribution in [1.29, 1.82) is 0 Å². The fourth-order valence-corrected chi connectivity index (χ4v) is 4.53. The molecule has 1 saturated carbocycles. The third-order valence-corrected chi connectivity index (χ3v) is 6.48. The molecule has 2 atom stereocenters. The zero-order valence-corrected chi connectivity index (χ0v) is 19.4. The molecular weight excluding hydrogens is 452 g/mol. The summed E-state index contributed by atoms with van der Waals surface area (Å²) in [7, 11) is 1.14. The van der Waals surface area contributed by atoms with E-state index in [9.17, 15) is 24.3 Å². The third-order valence-electron chi connectivity index (χ3n) is 6.48. The number of amides is 2. The molecule has 9 nitrogen and oxygen atoms in total. The van der Waals surface area contributed by atoms with Crippen molar-refractivity contribution in [2.45, 2.75) is 43.7 Å². The number of benzene rings is 2. The molecule has 9 heteroatoms. The highest BCUT2D eigenvalue weighted by molar-refractivity contribution is 5.87. The summed E-state index contributed by atoms with van der Waals surface area (Å²) >= 11 is 0. The van der Waals surface area contributed by atoms with Crippen LogP contribution >= 0.6 is 0 Å². The number of carboxylic acids is 1. The zero-order valence-electron chi connectivity index (χ0n) is 19.4. The molecule has 3 N–H and O–H groups in total. The lowest BCUT2D eigenvalue weighted by Crippen LogP contribution is -2.46. The Morgan fingerprint density at radius 2 is 1.54 bits per heavy atom. The summed E-state index contributed by atoms with van der Waals surface area (Å²) in [5.41, 5.74) is 4.46. The van der Waals surface area contributed by atoms with Gasteiger partial charge in [-0.05, 0) is 41.0 Å². The van der Waals surface area contributed by atoms with Crippen molar-refractivity contribution in [2.75, 3.05) is 13.7 Å². The first-order chi connectivity index (χ1) is 16.9. The highest BCUT2D eigenvalue weighted by atomic mass is 16.5. The van der Waals surface area contributed by atoms with Gasteiger partial charge in [0.25, 0.3) is 0 Å². The molecule has 2 aromatic rings. The molecule has 0 aromatic heterocycles. The molecule has 0 aliphatic heterocycles. The standard InChI is InChI=1S/C26H28N2O7/c1-34-24(30)13-22(25(31)32)27-23(29)12-21(15-10-11-15)28-26(33)35-14-20-18-8-4-2-6-16(18)17-7-3-5-9-19(17)20/h2-9,15,20-22H,10-14H2,1H3,(H,27,29)(H,28,33)(H,31,32)/t21?,22-/m1/s1. The third kappa shape index (κ3) is 5.79. The van der Waals surface area contributed by atoms with Crippen LogP contribution in [-0.4, -0.2) is 54.8 Å². The first kappa shape index (κ1) is 24.3. The molecule has 0 saturated heterocycles. The fraction of sp³-hybridized carbons (Fsp3) is 0.385. The number of rotatable bonds is 10. The number of alkyl carbamates (subject to hydrolysis) is 1. The van der Waals surface area contributed by atoms with Gasteiger partial charge in [0, 0.05) is 18.4 Å². The number of nitrogens with one attached hydrogen (secondary N) is 2. The van der Waals surface area contributed by atoms with Crippen molar-refractivity contribution in [3.05, 3.63) is 59.7 Å². The average Bonchev–Trinajstić information content (AvgIpc) is 3.65. The molecule has 1 unspecified atom stereocenters. The highest BCUT2D eigenvalue weighted by Gasteiger charge is 2.36. The Balaban J connectivity index is 1.34. The van der Waals surface area contributed by atoms with Gasteiger partial charge in [-0.2, -0.15) is 0 Å². The van der Waals surface area contributed by atoms with Gasteiger partial charge >= 0.3 is 18.0 Å². The maximum absolute atomic E-state index is 12.6. The van der Waals surface area contributed by atoms with Gasteiger partial charge in [0.15, 0.2) is 0 Å². The number of esters is 1. The van der Waals surface area contributed by atoms with Crippen LogP contribution in [0.3, 0.4) is 0 Å². The van der Waals surface area contributed by atoms with E-state index in [0.29, 0.717) is 0 Å². The number of hydrogen-bond donors (Lipinski definition) is 3. The lowest BCUT2D eigenvalue weighted by molar-refractivity contribution is -0.148. The summed E-state index contributed by atoms with van der Waals surface area (Å²) in [5.74, 6) is -2.61. The molecular formula is C26H28N2O7. The Labute approximate surface area is 202 Å². The molecule has 35 heavy (non-hydrogen) atoms. The van der Waals surface area contributed by atoms with Crippen molar-refractivity contribution >= 4 is 23.9 Å². The van der Waals surface area contributed by atoms with Crippen LogP contribution in [0.15, 0.2) is 48.5 Å². The van der Waals surface area contributed by atoms with Crippen LogP contribution in [0.2, 0.25) is 0 Å². The van der Waals surface area contributed by atoms with Crippen LogP contribution in [0.5, 0.6) is 0 Å². The number of carbonyl (C=O) groups is 4. The highest BCUT2D eigenvalue weighted by Crippen LogP contribution is 2.44. The molecule has 2 aliphatic carbocycles. The summed E-state index contributed by atoms with van der Waals surface area (Å²) in [6, 6.07) is 14.2. The van der Waals surface area contributed by atoms with E-state index in [-0.39, 0.29) is 24.9 Å². The van der Waals surface area contributed by atoms with E-state index in [2.05, 4.69) is 27.5 Å². The number of hydrogen-bond acceptors (Lipinski definition) is 6. The van der Waals surface area contributed by atoms with E-state index in [1.807, 2.05) is 36.4 Å².